The van der Waals surface area contributed by atoms with Crippen LogP contribution in [0, 0.1) is 17.3 Å². The molecule has 1 aliphatic heterocycles. The lowest BCUT2D eigenvalue weighted by Gasteiger charge is -2.42. The Morgan fingerprint density at radius 2 is 1.75 bits per heavy atom. The van der Waals surface area contributed by atoms with Gasteiger partial charge in [0.1, 0.15) is 18.7 Å². The van der Waals surface area contributed by atoms with Gasteiger partial charge in [0.2, 0.25) is 11.8 Å². The highest BCUT2D eigenvalue weighted by Gasteiger charge is 2.44. The quantitative estimate of drug-likeness (QED) is 0.424. The fourth-order valence-electron chi connectivity index (χ4n) is 5.32. The molecule has 9 heteroatoms. The van der Waals surface area contributed by atoms with Crippen LogP contribution in [-0.4, -0.2) is 49.6 Å². The van der Waals surface area contributed by atoms with Crippen molar-refractivity contribution in [2.45, 2.75) is 77.5 Å². The first-order valence-corrected chi connectivity index (χ1v) is 12.9. The van der Waals surface area contributed by atoms with Crippen molar-refractivity contribution in [3.05, 3.63) is 35.9 Å². The van der Waals surface area contributed by atoms with Crippen LogP contribution in [0.3, 0.4) is 0 Å². The highest BCUT2D eigenvalue weighted by Crippen LogP contribution is 2.41. The van der Waals surface area contributed by atoms with Crippen molar-refractivity contribution in [3.8, 4) is 0 Å². The van der Waals surface area contributed by atoms with E-state index in [0.29, 0.717) is 13.0 Å². The van der Waals surface area contributed by atoms with Gasteiger partial charge < -0.3 is 25.4 Å². The summed E-state index contributed by atoms with van der Waals surface area (Å²) < 4.78 is 10.3. The number of alkyl carbamates (subject to hydrolysis) is 1. The van der Waals surface area contributed by atoms with Crippen LogP contribution < -0.4 is 16.0 Å². The first kappa shape index (κ1) is 27.5. The zero-order valence-electron chi connectivity index (χ0n) is 21.5. The first-order valence-electron chi connectivity index (χ1n) is 12.9. The van der Waals surface area contributed by atoms with Gasteiger partial charge in [-0.15, -0.1) is 0 Å². The van der Waals surface area contributed by atoms with Crippen LogP contribution in [0.2, 0.25) is 0 Å². The molecule has 1 saturated carbocycles. The normalized spacial score (nSPS) is 20.1. The van der Waals surface area contributed by atoms with Gasteiger partial charge in [0.05, 0.1) is 7.11 Å². The van der Waals surface area contributed by atoms with Crippen LogP contribution in [0.1, 0.15) is 64.4 Å². The van der Waals surface area contributed by atoms with Crippen LogP contribution in [-0.2, 0) is 30.5 Å². The summed E-state index contributed by atoms with van der Waals surface area (Å²) in [7, 11) is 1.25. The molecule has 3 atom stereocenters. The maximum absolute atomic E-state index is 13.6. The van der Waals surface area contributed by atoms with Crippen molar-refractivity contribution in [2.75, 3.05) is 13.7 Å². The van der Waals surface area contributed by atoms with Gasteiger partial charge in [-0.1, -0.05) is 63.4 Å². The Kier molecular flexibility index (Phi) is 9.73. The number of hydrogen-bond acceptors (Lipinski definition) is 6. The molecule has 1 aromatic carbocycles. The van der Waals surface area contributed by atoms with Gasteiger partial charge >= 0.3 is 12.1 Å². The first-order chi connectivity index (χ1) is 17.2. The number of esters is 1. The summed E-state index contributed by atoms with van der Waals surface area (Å²) >= 11 is 0. The van der Waals surface area contributed by atoms with Crippen LogP contribution in [0.4, 0.5) is 4.79 Å². The minimum absolute atomic E-state index is 0.0758. The Balaban J connectivity index is 1.75. The van der Waals surface area contributed by atoms with Crippen LogP contribution >= 0.6 is 0 Å². The third kappa shape index (κ3) is 7.21. The fraction of sp³-hybridized carbons (Fsp3) is 0.630. The maximum Gasteiger partial charge on any atom is 0.408 e. The fourth-order valence-corrected chi connectivity index (χ4v) is 5.32. The topological polar surface area (TPSA) is 123 Å². The molecule has 0 radical (unpaired) electrons. The minimum atomic E-state index is -0.997. The minimum Gasteiger partial charge on any atom is -0.467 e. The lowest BCUT2D eigenvalue weighted by molar-refractivity contribution is -0.146. The summed E-state index contributed by atoms with van der Waals surface area (Å²) in [6.07, 6.45) is 5.24. The van der Waals surface area contributed by atoms with E-state index in [1.54, 1.807) is 0 Å². The van der Waals surface area contributed by atoms with Crippen molar-refractivity contribution >= 4 is 23.9 Å². The Morgan fingerprint density at radius 3 is 2.36 bits per heavy atom. The summed E-state index contributed by atoms with van der Waals surface area (Å²) in [6.45, 7) is 4.56. The molecule has 9 nitrogen and oxygen atoms in total. The largest absolute Gasteiger partial charge is 0.467 e. The van der Waals surface area contributed by atoms with Crippen molar-refractivity contribution in [3.63, 3.8) is 0 Å². The third-order valence-corrected chi connectivity index (χ3v) is 7.62. The zero-order valence-corrected chi connectivity index (χ0v) is 21.5. The van der Waals surface area contributed by atoms with Gasteiger partial charge in [-0.3, -0.25) is 9.59 Å². The molecule has 1 aromatic rings. The smallest absolute Gasteiger partial charge is 0.408 e. The highest BCUT2D eigenvalue weighted by molar-refractivity contribution is 5.91. The average molecular weight is 502 g/mol. The summed E-state index contributed by atoms with van der Waals surface area (Å²) in [5, 5.41) is 8.31. The van der Waals surface area contributed by atoms with E-state index in [9.17, 15) is 19.2 Å². The Bertz CT molecular complexity index is 913. The molecule has 2 unspecified atom stereocenters. The van der Waals surface area contributed by atoms with Gasteiger partial charge in [0.15, 0.2) is 0 Å². The standard InChI is InChI=1S/C27H39N3O6/c1-27(2,20-12-8-5-9-13-20)22(30-26(34)36-17-18-10-6-4-7-11-18)24(32)29-21(25(33)35-3)16-19-14-15-28-23(19)31/h4,6-7,10-11,19-22H,5,8-9,12-17H2,1-3H3,(H,28,31)(H,29,32)(H,30,34)/t19?,21-,22?/m0/s1. The van der Waals surface area contributed by atoms with Crippen LogP contribution in [0.5, 0.6) is 0 Å². The van der Waals surface area contributed by atoms with Crippen molar-refractivity contribution in [1.82, 2.24) is 16.0 Å². The second kappa shape index (κ2) is 12.7. The van der Waals surface area contributed by atoms with Crippen molar-refractivity contribution in [2.24, 2.45) is 17.3 Å². The van der Waals surface area contributed by atoms with Gasteiger partial charge in [-0.2, -0.15) is 0 Å². The molecule has 3 N–H and O–H groups in total. The lowest BCUT2D eigenvalue weighted by atomic mass is 9.66. The molecule has 1 heterocycles. The Labute approximate surface area is 213 Å². The maximum atomic E-state index is 13.6. The second-order valence-corrected chi connectivity index (χ2v) is 10.4. The number of methoxy groups -OCH3 is 1. The molecule has 0 aromatic heterocycles. The number of hydrogen-bond donors (Lipinski definition) is 3. The van der Waals surface area contributed by atoms with E-state index in [0.717, 1.165) is 37.7 Å². The average Bonchev–Trinajstić information content (AvgIpc) is 3.30. The number of benzene rings is 1. The van der Waals surface area contributed by atoms with E-state index in [4.69, 9.17) is 9.47 Å². The molecule has 198 valence electrons. The summed E-state index contributed by atoms with van der Waals surface area (Å²) in [5.41, 5.74) is 0.239. The van der Waals surface area contributed by atoms with E-state index >= 15 is 0 Å². The molecule has 1 aliphatic carbocycles. The van der Waals surface area contributed by atoms with E-state index in [-0.39, 0.29) is 30.8 Å². The monoisotopic (exact) mass is 501 g/mol. The van der Waals surface area contributed by atoms with E-state index in [1.165, 1.54) is 7.11 Å². The molecule has 0 bridgehead atoms. The summed E-state index contributed by atoms with van der Waals surface area (Å²) in [5.74, 6) is -1.42. The number of ether oxygens (including phenoxy) is 2. The molecule has 0 spiro atoms. The predicted molar refractivity (Wildman–Crippen MR) is 134 cm³/mol. The van der Waals surface area contributed by atoms with E-state index < -0.39 is 35.5 Å². The van der Waals surface area contributed by atoms with Crippen molar-refractivity contribution in [1.29, 1.82) is 0 Å². The highest BCUT2D eigenvalue weighted by atomic mass is 16.5. The molecular formula is C27H39N3O6. The number of rotatable bonds is 10. The van der Waals surface area contributed by atoms with E-state index in [2.05, 4.69) is 16.0 Å². The number of amides is 3. The second-order valence-electron chi connectivity index (χ2n) is 10.4. The predicted octanol–water partition coefficient (Wildman–Crippen LogP) is 3.07. The van der Waals surface area contributed by atoms with Crippen LogP contribution in [0.15, 0.2) is 30.3 Å². The molecular weight excluding hydrogens is 462 g/mol. The number of nitrogens with one attached hydrogen (secondary N) is 3. The van der Waals surface area contributed by atoms with Gasteiger partial charge in [-0.05, 0) is 42.6 Å². The van der Waals surface area contributed by atoms with E-state index in [1.807, 2.05) is 44.2 Å². The Morgan fingerprint density at radius 1 is 1.06 bits per heavy atom. The summed E-state index contributed by atoms with van der Waals surface area (Å²) in [6, 6.07) is 7.36. The third-order valence-electron chi connectivity index (χ3n) is 7.62. The van der Waals surface area contributed by atoms with Gasteiger partial charge in [0.25, 0.3) is 0 Å². The number of carbonyl (C=O) groups is 4. The lowest BCUT2D eigenvalue weighted by Crippen LogP contribution is -2.59. The molecule has 3 amide bonds. The molecule has 3 rings (SSSR count). The SMILES string of the molecule is COC(=O)[C@H](CC1CCNC1=O)NC(=O)C(NC(=O)OCc1ccccc1)C(C)(C)C1CCCCC1. The van der Waals surface area contributed by atoms with Gasteiger partial charge in [-0.25, -0.2) is 9.59 Å². The van der Waals surface area contributed by atoms with Gasteiger partial charge in [0, 0.05) is 12.5 Å². The Hall–Kier alpha value is -3.10. The van der Waals surface area contributed by atoms with Crippen LogP contribution in [0.25, 0.3) is 0 Å². The zero-order chi connectivity index (χ0) is 26.1. The summed E-state index contributed by atoms with van der Waals surface area (Å²) in [4.78, 5) is 51.0. The molecule has 2 fully saturated rings. The number of carbonyl (C=O) groups excluding carboxylic acids is 4. The molecule has 1 saturated heterocycles. The molecule has 36 heavy (non-hydrogen) atoms. The van der Waals surface area contributed by atoms with Crippen molar-refractivity contribution < 1.29 is 28.7 Å². The molecule has 2 aliphatic rings.